The van der Waals surface area contributed by atoms with Crippen LogP contribution in [0.1, 0.15) is 17.7 Å². The SMILES string of the molecule is COc1ccc(CN2CCC(N(C)c3nccc(C(F)(F)F)n3)C2)cc1. The van der Waals surface area contributed by atoms with Crippen molar-refractivity contribution in [1.29, 1.82) is 0 Å². The monoisotopic (exact) mass is 366 g/mol. The van der Waals surface area contributed by atoms with Crippen molar-refractivity contribution >= 4 is 5.95 Å². The Morgan fingerprint density at radius 3 is 2.62 bits per heavy atom. The molecule has 0 saturated carbocycles. The number of likely N-dealkylation sites (N-methyl/N-ethyl adjacent to an activating group) is 1. The van der Waals surface area contributed by atoms with E-state index in [2.05, 4.69) is 14.9 Å². The van der Waals surface area contributed by atoms with Gasteiger partial charge in [0.2, 0.25) is 5.95 Å². The van der Waals surface area contributed by atoms with Gasteiger partial charge >= 0.3 is 6.18 Å². The number of aromatic nitrogens is 2. The van der Waals surface area contributed by atoms with Crippen LogP contribution in [0.15, 0.2) is 36.5 Å². The third kappa shape index (κ3) is 4.24. The molecule has 1 aromatic heterocycles. The van der Waals surface area contributed by atoms with Crippen LogP contribution in [0.4, 0.5) is 19.1 Å². The Balaban J connectivity index is 1.62. The van der Waals surface area contributed by atoms with E-state index in [1.165, 1.54) is 5.56 Å². The van der Waals surface area contributed by atoms with Gasteiger partial charge in [0.1, 0.15) is 11.4 Å². The average Bonchev–Trinajstić information content (AvgIpc) is 3.09. The number of alkyl halides is 3. The maximum Gasteiger partial charge on any atom is 0.433 e. The van der Waals surface area contributed by atoms with Gasteiger partial charge < -0.3 is 9.64 Å². The van der Waals surface area contributed by atoms with Gasteiger partial charge in [-0.15, -0.1) is 0 Å². The molecular formula is C18H21F3N4O. The molecule has 1 aliphatic rings. The van der Waals surface area contributed by atoms with Crippen LogP contribution in [0.3, 0.4) is 0 Å². The topological polar surface area (TPSA) is 41.5 Å². The lowest BCUT2D eigenvalue weighted by molar-refractivity contribution is -0.141. The van der Waals surface area contributed by atoms with E-state index in [0.29, 0.717) is 0 Å². The van der Waals surface area contributed by atoms with Gasteiger partial charge in [-0.2, -0.15) is 13.2 Å². The molecule has 2 heterocycles. The summed E-state index contributed by atoms with van der Waals surface area (Å²) in [4.78, 5) is 11.7. The Kier molecular flexibility index (Phi) is 5.31. The number of nitrogens with zero attached hydrogens (tertiary/aromatic N) is 4. The predicted octanol–water partition coefficient (Wildman–Crippen LogP) is 3.21. The van der Waals surface area contributed by atoms with Gasteiger partial charge in [0.15, 0.2) is 0 Å². The highest BCUT2D eigenvalue weighted by molar-refractivity contribution is 5.32. The first kappa shape index (κ1) is 18.4. The first-order valence-corrected chi connectivity index (χ1v) is 8.35. The molecular weight excluding hydrogens is 345 g/mol. The number of hydrogen-bond acceptors (Lipinski definition) is 5. The van der Waals surface area contributed by atoms with E-state index in [9.17, 15) is 13.2 Å². The minimum absolute atomic E-state index is 0.0803. The van der Waals surface area contributed by atoms with Crippen molar-refractivity contribution < 1.29 is 17.9 Å². The van der Waals surface area contributed by atoms with E-state index in [-0.39, 0.29) is 12.0 Å². The molecule has 1 saturated heterocycles. The largest absolute Gasteiger partial charge is 0.497 e. The molecule has 140 valence electrons. The Morgan fingerprint density at radius 2 is 1.96 bits per heavy atom. The molecule has 1 fully saturated rings. The van der Waals surface area contributed by atoms with Gasteiger partial charge in [0.25, 0.3) is 0 Å². The minimum Gasteiger partial charge on any atom is -0.497 e. The summed E-state index contributed by atoms with van der Waals surface area (Å²) in [5, 5.41) is 0. The summed E-state index contributed by atoms with van der Waals surface area (Å²) in [6, 6.07) is 8.85. The number of rotatable bonds is 5. The van der Waals surface area contributed by atoms with Gasteiger partial charge in [-0.25, -0.2) is 9.97 Å². The molecule has 1 aliphatic heterocycles. The summed E-state index contributed by atoms with van der Waals surface area (Å²) in [6.07, 6.45) is -2.45. The van der Waals surface area contributed by atoms with Gasteiger partial charge in [-0.1, -0.05) is 12.1 Å². The van der Waals surface area contributed by atoms with E-state index >= 15 is 0 Å². The summed E-state index contributed by atoms with van der Waals surface area (Å²) in [6.45, 7) is 2.42. The zero-order chi connectivity index (χ0) is 18.7. The van der Waals surface area contributed by atoms with E-state index in [0.717, 1.165) is 44.1 Å². The molecule has 0 radical (unpaired) electrons. The van der Waals surface area contributed by atoms with Crippen LogP contribution in [0.25, 0.3) is 0 Å². The summed E-state index contributed by atoms with van der Waals surface area (Å²) >= 11 is 0. The van der Waals surface area contributed by atoms with Crippen molar-refractivity contribution in [2.45, 2.75) is 25.2 Å². The number of likely N-dealkylation sites (tertiary alicyclic amines) is 1. The Morgan fingerprint density at radius 1 is 1.23 bits per heavy atom. The van der Waals surface area contributed by atoms with Crippen molar-refractivity contribution in [1.82, 2.24) is 14.9 Å². The lowest BCUT2D eigenvalue weighted by Crippen LogP contribution is -2.35. The highest BCUT2D eigenvalue weighted by Gasteiger charge is 2.34. The van der Waals surface area contributed by atoms with E-state index in [1.54, 1.807) is 19.1 Å². The molecule has 0 bridgehead atoms. The number of halogens is 3. The summed E-state index contributed by atoms with van der Waals surface area (Å²) in [7, 11) is 3.38. The average molecular weight is 366 g/mol. The van der Waals surface area contributed by atoms with Crippen molar-refractivity contribution in [3.05, 3.63) is 47.8 Å². The minimum atomic E-state index is -4.46. The first-order valence-electron chi connectivity index (χ1n) is 8.35. The molecule has 5 nitrogen and oxygen atoms in total. The van der Waals surface area contributed by atoms with Crippen molar-refractivity contribution in [3.8, 4) is 5.75 Å². The second-order valence-electron chi connectivity index (χ2n) is 6.38. The Bertz CT molecular complexity index is 736. The smallest absolute Gasteiger partial charge is 0.433 e. The maximum absolute atomic E-state index is 12.8. The maximum atomic E-state index is 12.8. The number of methoxy groups -OCH3 is 1. The van der Waals surface area contributed by atoms with Crippen LogP contribution in [-0.2, 0) is 12.7 Å². The standard InChI is InChI=1S/C18H21F3N4O/c1-24(17-22-9-7-16(23-17)18(19,20)21)14-8-10-25(12-14)11-13-3-5-15(26-2)6-4-13/h3-7,9,14H,8,10-12H2,1-2H3. The fourth-order valence-electron chi connectivity index (χ4n) is 3.10. The number of hydrogen-bond donors (Lipinski definition) is 0. The zero-order valence-corrected chi connectivity index (χ0v) is 14.7. The second kappa shape index (κ2) is 7.49. The molecule has 0 N–H and O–H groups in total. The Labute approximate surface area is 150 Å². The van der Waals surface area contributed by atoms with Crippen LogP contribution in [0, 0.1) is 0 Å². The third-order valence-electron chi connectivity index (χ3n) is 4.61. The molecule has 0 spiro atoms. The van der Waals surface area contributed by atoms with Crippen molar-refractivity contribution in [2.75, 3.05) is 32.1 Å². The molecule has 1 unspecified atom stereocenters. The highest BCUT2D eigenvalue weighted by Crippen LogP contribution is 2.29. The van der Waals surface area contributed by atoms with Gasteiger partial charge in [-0.3, -0.25) is 4.90 Å². The van der Waals surface area contributed by atoms with Crippen molar-refractivity contribution in [3.63, 3.8) is 0 Å². The fraction of sp³-hybridized carbons (Fsp3) is 0.444. The molecule has 0 amide bonds. The quantitative estimate of drug-likeness (QED) is 0.813. The highest BCUT2D eigenvalue weighted by atomic mass is 19.4. The first-order chi connectivity index (χ1) is 12.4. The number of anilines is 1. The van der Waals surface area contributed by atoms with E-state index < -0.39 is 11.9 Å². The normalized spacial score (nSPS) is 18.1. The fourth-order valence-corrected chi connectivity index (χ4v) is 3.10. The predicted molar refractivity (Wildman–Crippen MR) is 92.1 cm³/mol. The number of benzene rings is 1. The van der Waals surface area contributed by atoms with Crippen molar-refractivity contribution in [2.24, 2.45) is 0 Å². The lowest BCUT2D eigenvalue weighted by atomic mass is 10.2. The molecule has 26 heavy (non-hydrogen) atoms. The van der Waals surface area contributed by atoms with Gasteiger partial charge in [-0.05, 0) is 30.2 Å². The van der Waals surface area contributed by atoms with Gasteiger partial charge in [0.05, 0.1) is 7.11 Å². The van der Waals surface area contributed by atoms with Crippen LogP contribution < -0.4 is 9.64 Å². The summed E-state index contributed by atoms with van der Waals surface area (Å²) < 4.78 is 43.7. The van der Waals surface area contributed by atoms with E-state index in [4.69, 9.17) is 4.74 Å². The molecule has 1 aromatic carbocycles. The molecule has 3 rings (SSSR count). The number of ether oxygens (including phenoxy) is 1. The Hall–Kier alpha value is -2.35. The summed E-state index contributed by atoms with van der Waals surface area (Å²) in [5.41, 5.74) is 0.256. The molecule has 2 aromatic rings. The lowest BCUT2D eigenvalue weighted by Gasteiger charge is -2.25. The second-order valence-corrected chi connectivity index (χ2v) is 6.38. The van der Waals surface area contributed by atoms with Crippen LogP contribution >= 0.6 is 0 Å². The van der Waals surface area contributed by atoms with Gasteiger partial charge in [0, 0.05) is 38.9 Å². The van der Waals surface area contributed by atoms with Crippen LogP contribution in [0.5, 0.6) is 5.75 Å². The van der Waals surface area contributed by atoms with E-state index in [1.807, 2.05) is 24.3 Å². The van der Waals surface area contributed by atoms with Crippen LogP contribution in [-0.4, -0.2) is 48.2 Å². The summed E-state index contributed by atoms with van der Waals surface area (Å²) in [5.74, 6) is 0.922. The third-order valence-corrected chi connectivity index (χ3v) is 4.61. The zero-order valence-electron chi connectivity index (χ0n) is 14.7. The van der Waals surface area contributed by atoms with Crippen LogP contribution in [0.2, 0.25) is 0 Å². The molecule has 0 aliphatic carbocycles. The molecule has 1 atom stereocenters. The molecule has 8 heteroatoms.